The molecule has 19 heavy (non-hydrogen) atoms. The summed E-state index contributed by atoms with van der Waals surface area (Å²) in [5.41, 5.74) is -1.02. The highest BCUT2D eigenvalue weighted by atomic mass is 32.3. The second-order valence-electron chi connectivity index (χ2n) is 4.64. The fourth-order valence-electron chi connectivity index (χ4n) is 1.34. The number of carbonyl (C=O) groups excluding carboxylic acids is 2. The van der Waals surface area contributed by atoms with E-state index in [9.17, 15) is 22.6 Å². The van der Waals surface area contributed by atoms with Gasteiger partial charge in [0, 0.05) is 6.42 Å². The molecule has 0 radical (unpaired) electrons. The van der Waals surface area contributed by atoms with Crippen molar-refractivity contribution in [3.05, 3.63) is 12.2 Å². The number of allylic oxidation sites excluding steroid dienone is 1. The number of hydrogen-bond donors (Lipinski definition) is 1. The Morgan fingerprint density at radius 3 is 2.16 bits per heavy atom. The van der Waals surface area contributed by atoms with Crippen LogP contribution in [-0.2, 0) is 24.2 Å². The van der Waals surface area contributed by atoms with Gasteiger partial charge in [0.2, 0.25) is 22.0 Å². The Labute approximate surface area is 113 Å². The third kappa shape index (κ3) is 9.48. The molecular formula is C11H21NO6S. The molecule has 0 atom stereocenters. The van der Waals surface area contributed by atoms with Crippen LogP contribution < -0.4 is 6.15 Å². The maximum atomic E-state index is 11.3. The second-order valence-corrected chi connectivity index (χ2v) is 5.62. The van der Waals surface area contributed by atoms with Crippen LogP contribution in [0.15, 0.2) is 12.2 Å². The zero-order valence-corrected chi connectivity index (χ0v) is 12.5. The Bertz CT molecular complexity index is 452. The van der Waals surface area contributed by atoms with Gasteiger partial charge in [0.25, 0.3) is 0 Å². The van der Waals surface area contributed by atoms with E-state index in [2.05, 4.69) is 10.8 Å². The molecule has 0 spiro atoms. The normalized spacial score (nSPS) is 11.6. The highest BCUT2D eigenvalue weighted by molar-refractivity contribution is 7.80. The standard InChI is InChI=1S/C11H18O6S.H3N/c1-8(2)10(13)9(12)6-5-7-11(3,4)17-18(14,15)16;/h1,5-7H2,2-4H3,(H,14,15,16);1H3. The summed E-state index contributed by atoms with van der Waals surface area (Å²) in [6.45, 7) is 7.66. The average Bonchev–Trinajstić information content (AvgIpc) is 2.11. The average molecular weight is 295 g/mol. The van der Waals surface area contributed by atoms with Crippen LogP contribution in [0.4, 0.5) is 0 Å². The SMILES string of the molecule is C=C(C)C(=O)C(=O)CCCC(C)(C)OS(=O)(=O)[O-].[NH4+]. The van der Waals surface area contributed by atoms with Gasteiger partial charge in [0.05, 0.1) is 5.60 Å². The van der Waals surface area contributed by atoms with Crippen molar-refractivity contribution in [3.63, 3.8) is 0 Å². The molecule has 0 amide bonds. The van der Waals surface area contributed by atoms with E-state index >= 15 is 0 Å². The minimum atomic E-state index is -4.78. The van der Waals surface area contributed by atoms with Gasteiger partial charge in [-0.3, -0.25) is 13.8 Å². The Morgan fingerprint density at radius 2 is 1.79 bits per heavy atom. The summed E-state index contributed by atoms with van der Waals surface area (Å²) >= 11 is 0. The summed E-state index contributed by atoms with van der Waals surface area (Å²) in [5, 5.41) is 0. The molecular weight excluding hydrogens is 274 g/mol. The van der Waals surface area contributed by atoms with Crippen LogP contribution >= 0.6 is 0 Å². The van der Waals surface area contributed by atoms with Gasteiger partial charge in [-0.2, -0.15) is 0 Å². The fourth-order valence-corrected chi connectivity index (χ4v) is 1.98. The number of hydrogen-bond acceptors (Lipinski definition) is 6. The zero-order valence-electron chi connectivity index (χ0n) is 11.7. The predicted molar refractivity (Wildman–Crippen MR) is 69.5 cm³/mol. The summed E-state index contributed by atoms with van der Waals surface area (Å²) < 4.78 is 35.6. The third-order valence-corrected chi connectivity index (χ3v) is 2.81. The Hall–Kier alpha value is -1.09. The molecule has 4 N–H and O–H groups in total. The molecule has 0 saturated carbocycles. The highest BCUT2D eigenvalue weighted by Crippen LogP contribution is 2.20. The van der Waals surface area contributed by atoms with Crippen molar-refractivity contribution in [1.29, 1.82) is 0 Å². The van der Waals surface area contributed by atoms with E-state index in [1.54, 1.807) is 0 Å². The molecule has 0 rings (SSSR count). The first kappa shape index (κ1) is 20.2. The molecule has 0 fully saturated rings. The zero-order chi connectivity index (χ0) is 14.6. The molecule has 0 aliphatic rings. The van der Waals surface area contributed by atoms with Gasteiger partial charge < -0.3 is 10.7 Å². The molecule has 0 aromatic rings. The van der Waals surface area contributed by atoms with E-state index in [0.29, 0.717) is 0 Å². The minimum absolute atomic E-state index is 0. The van der Waals surface area contributed by atoms with Crippen molar-refractivity contribution in [2.45, 2.75) is 45.6 Å². The van der Waals surface area contributed by atoms with Crippen molar-refractivity contribution >= 4 is 22.0 Å². The van der Waals surface area contributed by atoms with E-state index < -0.39 is 27.6 Å². The van der Waals surface area contributed by atoms with Gasteiger partial charge >= 0.3 is 0 Å². The first-order valence-corrected chi connectivity index (χ1v) is 6.67. The molecule has 8 heteroatoms. The van der Waals surface area contributed by atoms with Crippen LogP contribution in [0.2, 0.25) is 0 Å². The van der Waals surface area contributed by atoms with Crippen molar-refractivity contribution in [2.24, 2.45) is 0 Å². The number of Topliss-reactive ketones (excluding diaryl/α,β-unsaturated/α-hetero) is 2. The molecule has 0 saturated heterocycles. The smallest absolute Gasteiger partial charge is 0.223 e. The Morgan fingerprint density at radius 1 is 1.32 bits per heavy atom. The largest absolute Gasteiger partial charge is 0.726 e. The minimum Gasteiger partial charge on any atom is -0.726 e. The molecule has 0 unspecified atom stereocenters. The lowest BCUT2D eigenvalue weighted by molar-refractivity contribution is -0.134. The lowest BCUT2D eigenvalue weighted by Gasteiger charge is -2.25. The van der Waals surface area contributed by atoms with Gasteiger partial charge in [0.15, 0.2) is 0 Å². The molecule has 0 aromatic carbocycles. The fraction of sp³-hybridized carbons (Fsp3) is 0.636. The van der Waals surface area contributed by atoms with Gasteiger partial charge in [0.1, 0.15) is 0 Å². The summed E-state index contributed by atoms with van der Waals surface area (Å²) in [6.07, 6.45) is 0.390. The highest BCUT2D eigenvalue weighted by Gasteiger charge is 2.23. The van der Waals surface area contributed by atoms with Gasteiger partial charge in [-0.15, -0.1) is 0 Å². The van der Waals surface area contributed by atoms with Crippen molar-refractivity contribution in [1.82, 2.24) is 6.15 Å². The lowest BCUT2D eigenvalue weighted by atomic mass is 9.98. The summed E-state index contributed by atoms with van der Waals surface area (Å²) in [4.78, 5) is 22.5. The molecule has 112 valence electrons. The quantitative estimate of drug-likeness (QED) is 0.312. The van der Waals surface area contributed by atoms with Crippen molar-refractivity contribution in [3.8, 4) is 0 Å². The molecule has 0 aliphatic heterocycles. The molecule has 0 bridgehead atoms. The van der Waals surface area contributed by atoms with Gasteiger partial charge in [-0.05, 0) is 39.2 Å². The maximum Gasteiger partial charge on any atom is 0.223 e. The summed E-state index contributed by atoms with van der Waals surface area (Å²) in [5.74, 6) is -1.21. The summed E-state index contributed by atoms with van der Waals surface area (Å²) in [6, 6.07) is 0. The first-order chi connectivity index (χ1) is 7.94. The molecule has 0 heterocycles. The van der Waals surface area contributed by atoms with Gasteiger partial charge in [-0.1, -0.05) is 6.58 Å². The van der Waals surface area contributed by atoms with E-state index in [1.807, 2.05) is 0 Å². The van der Waals surface area contributed by atoms with Crippen LogP contribution in [0.25, 0.3) is 0 Å². The van der Waals surface area contributed by atoms with Crippen molar-refractivity contribution in [2.75, 3.05) is 0 Å². The molecule has 0 aromatic heterocycles. The monoisotopic (exact) mass is 295 g/mol. The van der Waals surface area contributed by atoms with Crippen molar-refractivity contribution < 1.29 is 26.7 Å². The Balaban J connectivity index is 0. The van der Waals surface area contributed by atoms with Crippen LogP contribution in [0, 0.1) is 0 Å². The Kier molecular flexibility index (Phi) is 7.97. The number of carbonyl (C=O) groups is 2. The van der Waals surface area contributed by atoms with Crippen LogP contribution in [0.5, 0.6) is 0 Å². The molecule has 0 aliphatic carbocycles. The summed E-state index contributed by atoms with van der Waals surface area (Å²) in [7, 11) is -4.78. The number of quaternary nitrogens is 1. The van der Waals surface area contributed by atoms with E-state index in [4.69, 9.17) is 0 Å². The third-order valence-electron chi connectivity index (χ3n) is 2.15. The van der Waals surface area contributed by atoms with Gasteiger partial charge in [-0.25, -0.2) is 8.42 Å². The maximum absolute atomic E-state index is 11.3. The lowest BCUT2D eigenvalue weighted by Crippen LogP contribution is -2.28. The van der Waals surface area contributed by atoms with Crippen LogP contribution in [-0.4, -0.2) is 30.1 Å². The topological polar surface area (TPSA) is 137 Å². The van der Waals surface area contributed by atoms with Crippen LogP contribution in [0.1, 0.15) is 40.0 Å². The second kappa shape index (κ2) is 7.49. The predicted octanol–water partition coefficient (Wildman–Crippen LogP) is 1.50. The number of ketones is 2. The number of rotatable bonds is 8. The van der Waals surface area contributed by atoms with E-state index in [-0.39, 0.29) is 31.0 Å². The first-order valence-electron chi connectivity index (χ1n) is 5.34. The van der Waals surface area contributed by atoms with E-state index in [0.717, 1.165) is 0 Å². The van der Waals surface area contributed by atoms with Crippen LogP contribution in [0.3, 0.4) is 0 Å². The van der Waals surface area contributed by atoms with E-state index in [1.165, 1.54) is 20.8 Å². The molecule has 7 nitrogen and oxygen atoms in total.